The van der Waals surface area contributed by atoms with Crippen molar-refractivity contribution in [1.29, 1.82) is 0 Å². The van der Waals surface area contributed by atoms with Crippen LogP contribution in [-0.4, -0.2) is 33.7 Å². The minimum Gasteiger partial charge on any atom is -0.480 e. The third kappa shape index (κ3) is 5.94. The van der Waals surface area contributed by atoms with Gasteiger partial charge in [-0.15, -0.1) is 0 Å². The summed E-state index contributed by atoms with van der Waals surface area (Å²) in [5, 5.41) is 22.5. The van der Waals surface area contributed by atoms with E-state index in [1.54, 1.807) is 24.3 Å². The molecule has 0 saturated heterocycles. The molecule has 0 aromatic heterocycles. The average Bonchev–Trinajstić information content (AvgIpc) is 2.73. The quantitative estimate of drug-likeness (QED) is 0.684. The Bertz CT molecular complexity index is 903. The van der Waals surface area contributed by atoms with Crippen LogP contribution in [0, 0.1) is 11.8 Å². The number of benzene rings is 2. The van der Waals surface area contributed by atoms with Crippen LogP contribution in [0.5, 0.6) is 0 Å². The minimum absolute atomic E-state index is 0.212. The van der Waals surface area contributed by atoms with Crippen LogP contribution >= 0.6 is 0 Å². The Hall–Kier alpha value is -3.10. The fourth-order valence-electron chi connectivity index (χ4n) is 3.45. The summed E-state index contributed by atoms with van der Waals surface area (Å²) in [6.07, 6.45) is 4.70. The highest BCUT2D eigenvalue weighted by atomic mass is 16.4. The number of carboxylic acids is 1. The summed E-state index contributed by atoms with van der Waals surface area (Å²) in [4.78, 5) is 24.0. The number of hydrogen-bond donors (Lipinski definition) is 3. The van der Waals surface area contributed by atoms with Crippen molar-refractivity contribution < 1.29 is 19.8 Å². The van der Waals surface area contributed by atoms with Crippen LogP contribution in [0.1, 0.15) is 53.6 Å². The molecule has 1 aliphatic rings. The predicted molar refractivity (Wildman–Crippen MR) is 110 cm³/mol. The van der Waals surface area contributed by atoms with Crippen LogP contribution in [0.4, 0.5) is 0 Å². The fraction of sp³-hybridized carbons (Fsp3) is 0.333. The van der Waals surface area contributed by atoms with Crippen LogP contribution in [0.25, 0.3) is 0 Å². The molecular formula is C24H25NO4. The lowest BCUT2D eigenvalue weighted by atomic mass is 9.85. The van der Waals surface area contributed by atoms with E-state index in [0.717, 1.165) is 24.8 Å². The summed E-state index contributed by atoms with van der Waals surface area (Å²) in [7, 11) is 0. The van der Waals surface area contributed by atoms with Crippen molar-refractivity contribution in [3.8, 4) is 11.8 Å². The average molecular weight is 391 g/mol. The van der Waals surface area contributed by atoms with Crippen molar-refractivity contribution >= 4 is 11.9 Å². The number of carboxylic acid groups (broad SMARTS) is 1. The zero-order valence-electron chi connectivity index (χ0n) is 16.2. The van der Waals surface area contributed by atoms with Gasteiger partial charge in [0.25, 0.3) is 5.91 Å². The van der Waals surface area contributed by atoms with Gasteiger partial charge in [0.2, 0.25) is 0 Å². The Balaban J connectivity index is 1.64. The van der Waals surface area contributed by atoms with Gasteiger partial charge >= 0.3 is 5.97 Å². The molecule has 29 heavy (non-hydrogen) atoms. The number of aliphatic hydroxyl groups is 1. The number of carbonyl (C=O) groups is 2. The molecule has 2 aromatic carbocycles. The maximum Gasteiger partial charge on any atom is 0.326 e. The maximum atomic E-state index is 12.5. The van der Waals surface area contributed by atoms with Gasteiger partial charge in [-0.25, -0.2) is 4.79 Å². The van der Waals surface area contributed by atoms with Crippen molar-refractivity contribution in [2.24, 2.45) is 0 Å². The minimum atomic E-state index is -1.08. The van der Waals surface area contributed by atoms with Gasteiger partial charge in [0.1, 0.15) is 11.6 Å². The molecule has 0 radical (unpaired) electrons. The Morgan fingerprint density at radius 1 is 1.00 bits per heavy atom. The van der Waals surface area contributed by atoms with Gasteiger partial charge in [0.15, 0.2) is 0 Å². The maximum absolute atomic E-state index is 12.5. The first-order valence-corrected chi connectivity index (χ1v) is 9.88. The lowest BCUT2D eigenvalue weighted by molar-refractivity contribution is -0.139. The second-order valence-corrected chi connectivity index (χ2v) is 7.47. The molecule has 1 aliphatic carbocycles. The van der Waals surface area contributed by atoms with E-state index in [4.69, 9.17) is 0 Å². The van der Waals surface area contributed by atoms with Crippen molar-refractivity contribution in [2.45, 2.75) is 50.2 Å². The molecule has 5 heteroatoms. The fourth-order valence-corrected chi connectivity index (χ4v) is 3.45. The van der Waals surface area contributed by atoms with E-state index in [0.29, 0.717) is 24.0 Å². The molecule has 1 fully saturated rings. The molecule has 5 nitrogen and oxygen atoms in total. The van der Waals surface area contributed by atoms with Gasteiger partial charge in [0.05, 0.1) is 0 Å². The summed E-state index contributed by atoms with van der Waals surface area (Å²) in [5.41, 5.74) is 0.998. The predicted octanol–water partition coefficient (Wildman–Crippen LogP) is 3.16. The standard InChI is InChI=1S/C24H25NO4/c26-22(25-21(23(27)28)17-19-7-3-1-4-8-19)20-11-9-18(10-12-20)13-16-24(29)14-5-2-6-15-24/h1,3-4,7-12,21,29H,2,5-6,14-15,17H2,(H,25,26)(H,27,28)/t21-/m0/s1. The highest BCUT2D eigenvalue weighted by molar-refractivity contribution is 5.96. The number of aliphatic carboxylic acids is 1. The van der Waals surface area contributed by atoms with E-state index >= 15 is 0 Å². The normalized spacial score (nSPS) is 16.2. The van der Waals surface area contributed by atoms with Crippen LogP contribution in [0.2, 0.25) is 0 Å². The van der Waals surface area contributed by atoms with Crippen molar-refractivity contribution in [3.05, 3.63) is 71.3 Å². The zero-order valence-corrected chi connectivity index (χ0v) is 16.2. The van der Waals surface area contributed by atoms with E-state index in [2.05, 4.69) is 17.2 Å². The molecule has 0 spiro atoms. The second kappa shape index (κ2) is 9.40. The first-order valence-electron chi connectivity index (χ1n) is 9.88. The number of amides is 1. The smallest absolute Gasteiger partial charge is 0.326 e. The first kappa shape index (κ1) is 20.6. The Morgan fingerprint density at radius 2 is 1.66 bits per heavy atom. The topological polar surface area (TPSA) is 86.6 Å². The highest BCUT2D eigenvalue weighted by Gasteiger charge is 2.26. The van der Waals surface area contributed by atoms with E-state index in [9.17, 15) is 19.8 Å². The molecule has 2 aromatic rings. The van der Waals surface area contributed by atoms with Gasteiger partial charge < -0.3 is 15.5 Å². The van der Waals surface area contributed by atoms with Crippen LogP contribution in [0.3, 0.4) is 0 Å². The Kier molecular flexibility index (Phi) is 6.69. The number of carbonyl (C=O) groups excluding carboxylic acids is 1. The van der Waals surface area contributed by atoms with E-state index in [1.165, 1.54) is 0 Å². The summed E-state index contributed by atoms with van der Waals surface area (Å²) in [5.74, 6) is 4.43. The van der Waals surface area contributed by atoms with Crippen molar-refractivity contribution in [2.75, 3.05) is 0 Å². The highest BCUT2D eigenvalue weighted by Crippen LogP contribution is 2.27. The third-order valence-corrected chi connectivity index (χ3v) is 5.15. The molecule has 0 bridgehead atoms. The summed E-state index contributed by atoms with van der Waals surface area (Å²) in [6.45, 7) is 0. The number of nitrogens with one attached hydrogen (secondary N) is 1. The molecule has 1 atom stereocenters. The molecular weight excluding hydrogens is 366 g/mol. The molecule has 0 aliphatic heterocycles. The SMILES string of the molecule is O=C(N[C@@H](Cc1ccccc1)C(=O)O)c1ccc(C#CC2(O)CCCCC2)cc1. The lowest BCUT2D eigenvalue weighted by Crippen LogP contribution is -2.42. The summed E-state index contributed by atoms with van der Waals surface area (Å²) >= 11 is 0. The van der Waals surface area contributed by atoms with E-state index < -0.39 is 23.5 Å². The van der Waals surface area contributed by atoms with Crippen molar-refractivity contribution in [3.63, 3.8) is 0 Å². The molecule has 0 unspecified atom stereocenters. The molecule has 150 valence electrons. The molecule has 1 amide bonds. The summed E-state index contributed by atoms with van der Waals surface area (Å²) < 4.78 is 0. The second-order valence-electron chi connectivity index (χ2n) is 7.47. The van der Waals surface area contributed by atoms with Gasteiger partial charge in [-0.3, -0.25) is 4.79 Å². The Labute approximate surface area is 170 Å². The Morgan fingerprint density at radius 3 is 2.28 bits per heavy atom. The first-order chi connectivity index (χ1) is 14.0. The van der Waals surface area contributed by atoms with Gasteiger partial charge in [-0.2, -0.15) is 0 Å². The van der Waals surface area contributed by atoms with Gasteiger partial charge in [0, 0.05) is 17.5 Å². The van der Waals surface area contributed by atoms with Crippen LogP contribution < -0.4 is 5.32 Å². The molecule has 1 saturated carbocycles. The summed E-state index contributed by atoms with van der Waals surface area (Å²) in [6, 6.07) is 14.8. The monoisotopic (exact) mass is 391 g/mol. The number of rotatable bonds is 5. The lowest BCUT2D eigenvalue weighted by Gasteiger charge is -2.26. The zero-order chi connectivity index (χ0) is 20.7. The number of hydrogen-bond acceptors (Lipinski definition) is 3. The van der Waals surface area contributed by atoms with Crippen molar-refractivity contribution in [1.82, 2.24) is 5.32 Å². The molecule has 3 rings (SSSR count). The van der Waals surface area contributed by atoms with E-state index in [1.807, 2.05) is 30.3 Å². The van der Waals surface area contributed by atoms with Gasteiger partial charge in [-0.1, -0.05) is 48.6 Å². The van der Waals surface area contributed by atoms with Crippen LogP contribution in [-0.2, 0) is 11.2 Å². The third-order valence-electron chi connectivity index (χ3n) is 5.15. The largest absolute Gasteiger partial charge is 0.480 e. The van der Waals surface area contributed by atoms with E-state index in [-0.39, 0.29) is 6.42 Å². The molecule has 3 N–H and O–H groups in total. The van der Waals surface area contributed by atoms with Crippen LogP contribution in [0.15, 0.2) is 54.6 Å². The van der Waals surface area contributed by atoms with Gasteiger partial charge in [-0.05, 0) is 55.5 Å². The molecule has 0 heterocycles.